The number of halogens is 1. The minimum Gasteiger partial charge on any atom is -0.484 e. The van der Waals surface area contributed by atoms with Crippen LogP contribution in [0.4, 0.5) is 0 Å². The molecule has 0 spiro atoms. The van der Waals surface area contributed by atoms with Gasteiger partial charge in [-0.3, -0.25) is 4.79 Å². The van der Waals surface area contributed by atoms with E-state index in [9.17, 15) is 4.79 Å². The fraction of sp³-hybridized carbons (Fsp3) is 0.500. The van der Waals surface area contributed by atoms with Crippen LogP contribution >= 0.6 is 11.6 Å². The van der Waals surface area contributed by atoms with Gasteiger partial charge in [0.15, 0.2) is 6.61 Å². The lowest BCUT2D eigenvalue weighted by atomic mass is 9.95. The van der Waals surface area contributed by atoms with Crippen LogP contribution in [0.15, 0.2) is 24.3 Å². The van der Waals surface area contributed by atoms with Crippen molar-refractivity contribution in [3.8, 4) is 5.75 Å². The third-order valence-corrected chi connectivity index (χ3v) is 3.57. The molecule has 1 fully saturated rings. The number of hydrogen-bond donors (Lipinski definition) is 2. The van der Waals surface area contributed by atoms with Gasteiger partial charge in [-0.15, -0.1) is 0 Å². The van der Waals surface area contributed by atoms with E-state index in [1.54, 1.807) is 24.3 Å². The molecule has 1 aromatic rings. The first kappa shape index (κ1) is 14.2. The number of piperidine rings is 1. The van der Waals surface area contributed by atoms with Crippen molar-refractivity contribution in [1.82, 2.24) is 10.6 Å². The molecule has 1 aromatic carbocycles. The van der Waals surface area contributed by atoms with Gasteiger partial charge in [-0.1, -0.05) is 18.5 Å². The molecular weight excluding hydrogens is 264 g/mol. The van der Waals surface area contributed by atoms with Crippen molar-refractivity contribution >= 4 is 17.5 Å². The van der Waals surface area contributed by atoms with E-state index in [0.29, 0.717) is 16.7 Å². The van der Waals surface area contributed by atoms with E-state index in [2.05, 4.69) is 17.6 Å². The first-order chi connectivity index (χ1) is 9.15. The maximum atomic E-state index is 11.8. The number of ether oxygens (including phenoxy) is 1. The number of amides is 1. The summed E-state index contributed by atoms with van der Waals surface area (Å²) < 4.78 is 5.41. The van der Waals surface area contributed by atoms with Gasteiger partial charge in [-0.25, -0.2) is 0 Å². The van der Waals surface area contributed by atoms with Gasteiger partial charge >= 0.3 is 0 Å². The number of nitrogens with one attached hydrogen (secondary N) is 2. The Bertz CT molecular complexity index is 422. The van der Waals surface area contributed by atoms with Crippen LogP contribution in [-0.4, -0.2) is 31.6 Å². The Labute approximate surface area is 118 Å². The third-order valence-electron chi connectivity index (χ3n) is 3.32. The molecule has 104 valence electrons. The molecule has 19 heavy (non-hydrogen) atoms. The lowest BCUT2D eigenvalue weighted by Gasteiger charge is -2.30. The van der Waals surface area contributed by atoms with Gasteiger partial charge in [0, 0.05) is 11.1 Å². The maximum absolute atomic E-state index is 11.8. The second-order valence-corrected chi connectivity index (χ2v) is 5.32. The van der Waals surface area contributed by atoms with E-state index in [-0.39, 0.29) is 18.6 Å². The summed E-state index contributed by atoms with van der Waals surface area (Å²) >= 11 is 5.78. The number of carbonyl (C=O) groups is 1. The fourth-order valence-electron chi connectivity index (χ4n) is 2.16. The molecule has 1 aliphatic heterocycles. The fourth-order valence-corrected chi connectivity index (χ4v) is 2.28. The highest BCUT2D eigenvalue weighted by molar-refractivity contribution is 6.30. The van der Waals surface area contributed by atoms with Crippen molar-refractivity contribution in [2.24, 2.45) is 5.92 Å². The summed E-state index contributed by atoms with van der Waals surface area (Å²) in [5.41, 5.74) is 0. The van der Waals surface area contributed by atoms with Crippen molar-refractivity contribution in [2.75, 3.05) is 19.7 Å². The lowest BCUT2D eigenvalue weighted by Crippen LogP contribution is -2.49. The molecule has 1 amide bonds. The highest BCUT2D eigenvalue weighted by atomic mass is 35.5. The quantitative estimate of drug-likeness (QED) is 0.886. The molecular formula is C14H19ClN2O2. The van der Waals surface area contributed by atoms with Crippen LogP contribution in [0.2, 0.25) is 5.02 Å². The standard InChI is InChI=1S/C14H19ClN2O2/c1-10-8-16-7-6-13(10)17-14(18)9-19-12-4-2-11(15)3-5-12/h2-5,10,13,16H,6-9H2,1H3,(H,17,18). The van der Waals surface area contributed by atoms with Gasteiger partial charge in [-0.05, 0) is 49.7 Å². The largest absolute Gasteiger partial charge is 0.484 e. The van der Waals surface area contributed by atoms with Crippen LogP contribution in [-0.2, 0) is 4.79 Å². The summed E-state index contributed by atoms with van der Waals surface area (Å²) in [4.78, 5) is 11.8. The number of carbonyl (C=O) groups excluding carboxylic acids is 1. The Morgan fingerprint density at radius 3 is 2.89 bits per heavy atom. The molecule has 0 bridgehead atoms. The van der Waals surface area contributed by atoms with Gasteiger partial charge in [-0.2, -0.15) is 0 Å². The van der Waals surface area contributed by atoms with Crippen molar-refractivity contribution in [3.05, 3.63) is 29.3 Å². The summed E-state index contributed by atoms with van der Waals surface area (Å²) in [5, 5.41) is 6.98. The molecule has 1 saturated heterocycles. The first-order valence-electron chi connectivity index (χ1n) is 6.53. The Morgan fingerprint density at radius 2 is 2.21 bits per heavy atom. The molecule has 1 aliphatic rings. The molecule has 2 atom stereocenters. The Kier molecular flexibility index (Phi) is 5.05. The highest BCUT2D eigenvalue weighted by Crippen LogP contribution is 2.15. The summed E-state index contributed by atoms with van der Waals surface area (Å²) in [6.45, 7) is 4.08. The van der Waals surface area contributed by atoms with Crippen molar-refractivity contribution < 1.29 is 9.53 Å². The predicted octanol–water partition coefficient (Wildman–Crippen LogP) is 1.83. The van der Waals surface area contributed by atoms with E-state index in [1.807, 2.05) is 0 Å². The van der Waals surface area contributed by atoms with E-state index in [1.165, 1.54) is 0 Å². The zero-order valence-electron chi connectivity index (χ0n) is 11.0. The van der Waals surface area contributed by atoms with Crippen LogP contribution in [0, 0.1) is 5.92 Å². The Morgan fingerprint density at radius 1 is 1.47 bits per heavy atom. The van der Waals surface area contributed by atoms with Gasteiger partial charge in [0.2, 0.25) is 0 Å². The average Bonchev–Trinajstić information content (AvgIpc) is 2.41. The SMILES string of the molecule is CC1CNCCC1NC(=O)COc1ccc(Cl)cc1. The van der Waals surface area contributed by atoms with Crippen LogP contribution in [0.3, 0.4) is 0 Å². The van der Waals surface area contributed by atoms with Crippen molar-refractivity contribution in [2.45, 2.75) is 19.4 Å². The van der Waals surface area contributed by atoms with Gasteiger partial charge in [0.05, 0.1) is 0 Å². The lowest BCUT2D eigenvalue weighted by molar-refractivity contribution is -0.124. The van der Waals surface area contributed by atoms with E-state index in [0.717, 1.165) is 19.5 Å². The summed E-state index contributed by atoms with van der Waals surface area (Å²) in [6, 6.07) is 7.22. The Balaban J connectivity index is 1.76. The van der Waals surface area contributed by atoms with Crippen LogP contribution in [0.5, 0.6) is 5.75 Å². The molecule has 1 heterocycles. The van der Waals surface area contributed by atoms with Gasteiger partial charge < -0.3 is 15.4 Å². The second kappa shape index (κ2) is 6.78. The zero-order valence-corrected chi connectivity index (χ0v) is 11.7. The summed E-state index contributed by atoms with van der Waals surface area (Å²) in [7, 11) is 0. The average molecular weight is 283 g/mol. The highest BCUT2D eigenvalue weighted by Gasteiger charge is 2.22. The van der Waals surface area contributed by atoms with E-state index in [4.69, 9.17) is 16.3 Å². The van der Waals surface area contributed by atoms with Gasteiger partial charge in [0.1, 0.15) is 5.75 Å². The van der Waals surface area contributed by atoms with Crippen LogP contribution in [0.25, 0.3) is 0 Å². The molecule has 2 unspecified atom stereocenters. The number of hydrogen-bond acceptors (Lipinski definition) is 3. The smallest absolute Gasteiger partial charge is 0.258 e. The number of benzene rings is 1. The second-order valence-electron chi connectivity index (χ2n) is 4.89. The minimum absolute atomic E-state index is 0.0400. The monoisotopic (exact) mass is 282 g/mol. The molecule has 0 aliphatic carbocycles. The Hall–Kier alpha value is -1.26. The maximum Gasteiger partial charge on any atom is 0.258 e. The molecule has 2 rings (SSSR count). The molecule has 5 heteroatoms. The van der Waals surface area contributed by atoms with E-state index >= 15 is 0 Å². The minimum atomic E-state index is -0.0753. The molecule has 2 N–H and O–H groups in total. The zero-order chi connectivity index (χ0) is 13.7. The van der Waals surface area contributed by atoms with Crippen LogP contribution in [0.1, 0.15) is 13.3 Å². The van der Waals surface area contributed by atoms with E-state index < -0.39 is 0 Å². The van der Waals surface area contributed by atoms with Crippen molar-refractivity contribution in [1.29, 1.82) is 0 Å². The third kappa shape index (κ3) is 4.40. The first-order valence-corrected chi connectivity index (χ1v) is 6.91. The van der Waals surface area contributed by atoms with Crippen molar-refractivity contribution in [3.63, 3.8) is 0 Å². The predicted molar refractivity (Wildman–Crippen MR) is 75.5 cm³/mol. The topological polar surface area (TPSA) is 50.4 Å². The van der Waals surface area contributed by atoms with Crippen LogP contribution < -0.4 is 15.4 Å². The van der Waals surface area contributed by atoms with Gasteiger partial charge in [0.25, 0.3) is 5.91 Å². The number of rotatable bonds is 4. The molecule has 0 aromatic heterocycles. The molecule has 0 saturated carbocycles. The molecule has 4 nitrogen and oxygen atoms in total. The summed E-state index contributed by atoms with van der Waals surface area (Å²) in [5.74, 6) is 1.03. The summed E-state index contributed by atoms with van der Waals surface area (Å²) in [6.07, 6.45) is 0.966. The molecule has 0 radical (unpaired) electrons. The normalized spacial score (nSPS) is 22.8.